The van der Waals surface area contributed by atoms with E-state index in [0.29, 0.717) is 18.7 Å². The maximum Gasteiger partial charge on any atom is 0.164 e. The Morgan fingerprint density at radius 3 is 2.73 bits per heavy atom. The SMILES string of the molecule is CCC(=O)CN1CCSCC1S(C)(=O)=O. The first-order valence-electron chi connectivity index (χ1n) is 4.97. The molecule has 4 nitrogen and oxygen atoms in total. The highest BCUT2D eigenvalue weighted by atomic mass is 32.2. The first kappa shape index (κ1) is 13.0. The Labute approximate surface area is 95.3 Å². The molecule has 1 aliphatic rings. The lowest BCUT2D eigenvalue weighted by Crippen LogP contribution is -2.48. The number of carbonyl (C=O) groups excluding carboxylic acids is 1. The van der Waals surface area contributed by atoms with E-state index >= 15 is 0 Å². The molecule has 0 bridgehead atoms. The third-order valence-electron chi connectivity index (χ3n) is 2.46. The van der Waals surface area contributed by atoms with Crippen molar-refractivity contribution in [3.05, 3.63) is 0 Å². The van der Waals surface area contributed by atoms with E-state index in [4.69, 9.17) is 0 Å². The normalized spacial score (nSPS) is 24.0. The van der Waals surface area contributed by atoms with E-state index < -0.39 is 15.2 Å². The Morgan fingerprint density at radius 2 is 2.20 bits per heavy atom. The van der Waals surface area contributed by atoms with Crippen LogP contribution in [-0.4, -0.2) is 55.3 Å². The van der Waals surface area contributed by atoms with Crippen molar-refractivity contribution in [1.82, 2.24) is 4.90 Å². The summed E-state index contributed by atoms with van der Waals surface area (Å²) < 4.78 is 23.0. The van der Waals surface area contributed by atoms with Gasteiger partial charge in [0, 0.05) is 30.7 Å². The van der Waals surface area contributed by atoms with Crippen LogP contribution in [0.2, 0.25) is 0 Å². The third-order valence-corrected chi connectivity index (χ3v) is 5.15. The lowest BCUT2D eigenvalue weighted by atomic mass is 10.3. The predicted molar refractivity (Wildman–Crippen MR) is 62.8 cm³/mol. The van der Waals surface area contributed by atoms with Crippen LogP contribution in [0.4, 0.5) is 0 Å². The molecule has 1 saturated heterocycles. The van der Waals surface area contributed by atoms with E-state index in [1.165, 1.54) is 6.26 Å². The summed E-state index contributed by atoms with van der Waals surface area (Å²) in [6, 6.07) is 0. The van der Waals surface area contributed by atoms with E-state index in [1.54, 1.807) is 23.6 Å². The number of sulfone groups is 1. The first-order chi connectivity index (χ1) is 6.95. The number of nitrogens with zero attached hydrogens (tertiary/aromatic N) is 1. The molecule has 0 amide bonds. The maximum absolute atomic E-state index is 11.5. The topological polar surface area (TPSA) is 54.5 Å². The highest BCUT2D eigenvalue weighted by Gasteiger charge is 2.31. The van der Waals surface area contributed by atoms with Crippen LogP contribution in [0.15, 0.2) is 0 Å². The largest absolute Gasteiger partial charge is 0.298 e. The monoisotopic (exact) mass is 251 g/mol. The number of thioether (sulfide) groups is 1. The van der Waals surface area contributed by atoms with Crippen molar-refractivity contribution in [1.29, 1.82) is 0 Å². The lowest BCUT2D eigenvalue weighted by molar-refractivity contribution is -0.120. The minimum atomic E-state index is -3.08. The quantitative estimate of drug-likeness (QED) is 0.723. The second-order valence-corrected chi connectivity index (χ2v) is 7.07. The van der Waals surface area contributed by atoms with Crippen LogP contribution in [0.3, 0.4) is 0 Å². The summed E-state index contributed by atoms with van der Waals surface area (Å²) in [7, 11) is -3.08. The van der Waals surface area contributed by atoms with Gasteiger partial charge in [0.05, 0.1) is 6.54 Å². The molecule has 1 fully saturated rings. The van der Waals surface area contributed by atoms with Crippen LogP contribution in [0.25, 0.3) is 0 Å². The van der Waals surface area contributed by atoms with Crippen LogP contribution in [0.5, 0.6) is 0 Å². The summed E-state index contributed by atoms with van der Waals surface area (Å²) >= 11 is 1.64. The number of hydrogen-bond acceptors (Lipinski definition) is 5. The fourth-order valence-corrected chi connectivity index (χ4v) is 4.47. The van der Waals surface area contributed by atoms with Crippen LogP contribution < -0.4 is 0 Å². The maximum atomic E-state index is 11.5. The smallest absolute Gasteiger partial charge is 0.164 e. The summed E-state index contributed by atoms with van der Waals surface area (Å²) in [5.74, 6) is 1.59. The molecule has 0 saturated carbocycles. The van der Waals surface area contributed by atoms with Gasteiger partial charge in [0.15, 0.2) is 9.84 Å². The predicted octanol–water partition coefficient (Wildman–Crippen LogP) is 0.385. The zero-order valence-electron chi connectivity index (χ0n) is 9.10. The Hall–Kier alpha value is -0.0700. The lowest BCUT2D eigenvalue weighted by Gasteiger charge is -2.33. The highest BCUT2D eigenvalue weighted by Crippen LogP contribution is 2.20. The molecule has 0 aromatic rings. The summed E-state index contributed by atoms with van der Waals surface area (Å²) in [6.45, 7) is 2.76. The Morgan fingerprint density at radius 1 is 1.53 bits per heavy atom. The summed E-state index contributed by atoms with van der Waals surface area (Å²) in [5.41, 5.74) is 0. The van der Waals surface area contributed by atoms with Gasteiger partial charge in [-0.1, -0.05) is 6.92 Å². The average Bonchev–Trinajstić information content (AvgIpc) is 2.17. The van der Waals surface area contributed by atoms with Crippen LogP contribution in [-0.2, 0) is 14.6 Å². The van der Waals surface area contributed by atoms with Crippen molar-refractivity contribution < 1.29 is 13.2 Å². The summed E-state index contributed by atoms with van der Waals surface area (Å²) in [6.07, 6.45) is 1.72. The van der Waals surface area contributed by atoms with E-state index in [1.807, 2.05) is 0 Å². The second-order valence-electron chi connectivity index (χ2n) is 3.72. The molecule has 88 valence electrons. The van der Waals surface area contributed by atoms with Gasteiger partial charge < -0.3 is 0 Å². The number of hydrogen-bond donors (Lipinski definition) is 0. The van der Waals surface area contributed by atoms with Gasteiger partial charge in [0.1, 0.15) is 11.2 Å². The number of Topliss-reactive ketones (excluding diaryl/α,β-unsaturated/α-hetero) is 1. The van der Waals surface area contributed by atoms with E-state index in [0.717, 1.165) is 5.75 Å². The van der Waals surface area contributed by atoms with E-state index in [9.17, 15) is 13.2 Å². The van der Waals surface area contributed by atoms with Crippen molar-refractivity contribution in [2.75, 3.05) is 30.9 Å². The van der Waals surface area contributed by atoms with Gasteiger partial charge in [-0.25, -0.2) is 8.42 Å². The first-order valence-corrected chi connectivity index (χ1v) is 8.08. The standard InChI is InChI=1S/C9H17NO3S2/c1-3-8(11)6-10-4-5-14-7-9(10)15(2,12)13/h9H,3-7H2,1-2H3. The fraction of sp³-hybridized carbons (Fsp3) is 0.889. The number of carbonyl (C=O) groups is 1. The van der Waals surface area contributed by atoms with Gasteiger partial charge in [-0.2, -0.15) is 11.8 Å². The molecule has 0 radical (unpaired) electrons. The molecule has 0 spiro atoms. The van der Waals surface area contributed by atoms with Crippen LogP contribution in [0, 0.1) is 0 Å². The molecular formula is C9H17NO3S2. The molecule has 1 heterocycles. The van der Waals surface area contributed by atoms with Gasteiger partial charge in [-0.15, -0.1) is 0 Å². The van der Waals surface area contributed by atoms with Crippen molar-refractivity contribution in [3.63, 3.8) is 0 Å². The molecule has 1 atom stereocenters. The Bertz CT molecular complexity index is 326. The van der Waals surface area contributed by atoms with Gasteiger partial charge in [0.2, 0.25) is 0 Å². The van der Waals surface area contributed by atoms with E-state index in [-0.39, 0.29) is 12.3 Å². The van der Waals surface area contributed by atoms with Crippen LogP contribution in [0.1, 0.15) is 13.3 Å². The molecule has 0 aromatic carbocycles. The number of rotatable bonds is 4. The summed E-state index contributed by atoms with van der Waals surface area (Å²) in [5, 5.41) is -0.480. The molecule has 1 rings (SSSR count). The van der Waals surface area contributed by atoms with Crippen molar-refractivity contribution in [3.8, 4) is 0 Å². The Kier molecular flexibility index (Phi) is 4.61. The third kappa shape index (κ3) is 3.77. The van der Waals surface area contributed by atoms with Crippen molar-refractivity contribution >= 4 is 27.4 Å². The zero-order chi connectivity index (χ0) is 11.5. The molecule has 1 aliphatic heterocycles. The van der Waals surface area contributed by atoms with Crippen molar-refractivity contribution in [2.24, 2.45) is 0 Å². The summed E-state index contributed by atoms with van der Waals surface area (Å²) in [4.78, 5) is 13.1. The van der Waals surface area contributed by atoms with Gasteiger partial charge >= 0.3 is 0 Å². The number of ketones is 1. The minimum absolute atomic E-state index is 0.107. The molecule has 0 aliphatic carbocycles. The molecule has 0 aromatic heterocycles. The highest BCUT2D eigenvalue weighted by molar-refractivity contribution is 8.00. The average molecular weight is 251 g/mol. The zero-order valence-corrected chi connectivity index (χ0v) is 10.7. The van der Waals surface area contributed by atoms with Gasteiger partial charge in [-0.05, 0) is 0 Å². The second kappa shape index (κ2) is 5.32. The van der Waals surface area contributed by atoms with Gasteiger partial charge in [0.25, 0.3) is 0 Å². The molecule has 0 N–H and O–H groups in total. The molecular weight excluding hydrogens is 234 g/mol. The van der Waals surface area contributed by atoms with Crippen LogP contribution >= 0.6 is 11.8 Å². The molecule has 15 heavy (non-hydrogen) atoms. The Balaban J connectivity index is 2.70. The molecule has 6 heteroatoms. The van der Waals surface area contributed by atoms with Gasteiger partial charge in [-0.3, -0.25) is 9.69 Å². The molecule has 1 unspecified atom stereocenters. The fourth-order valence-electron chi connectivity index (χ4n) is 1.53. The van der Waals surface area contributed by atoms with E-state index in [2.05, 4.69) is 0 Å². The van der Waals surface area contributed by atoms with Crippen molar-refractivity contribution in [2.45, 2.75) is 18.7 Å². The minimum Gasteiger partial charge on any atom is -0.298 e.